The highest BCUT2D eigenvalue weighted by molar-refractivity contribution is 6.33. The zero-order chi connectivity index (χ0) is 13.8. The summed E-state index contributed by atoms with van der Waals surface area (Å²) in [6, 6.07) is 5.13. The molecule has 1 aliphatic rings. The molecule has 0 amide bonds. The van der Waals surface area contributed by atoms with Crippen molar-refractivity contribution in [2.24, 2.45) is 5.92 Å². The van der Waals surface area contributed by atoms with Crippen molar-refractivity contribution >= 4 is 23.3 Å². The third-order valence-electron chi connectivity index (χ3n) is 3.57. The molecular weight excluding hydrogens is 266 g/mol. The second kappa shape index (κ2) is 6.26. The number of rotatable bonds is 4. The van der Waals surface area contributed by atoms with Crippen molar-refractivity contribution in [1.29, 1.82) is 0 Å². The molecule has 1 aliphatic heterocycles. The number of carboxylic acids is 1. The van der Waals surface area contributed by atoms with Crippen LogP contribution in [0.4, 0.5) is 5.69 Å². The summed E-state index contributed by atoms with van der Waals surface area (Å²) < 4.78 is 5.18. The molecule has 4 nitrogen and oxygen atoms in total. The Balaban J connectivity index is 2.04. The summed E-state index contributed by atoms with van der Waals surface area (Å²) in [4.78, 5) is 13.2. The van der Waals surface area contributed by atoms with Gasteiger partial charge in [-0.05, 0) is 37.0 Å². The maximum absolute atomic E-state index is 10.9. The van der Waals surface area contributed by atoms with Gasteiger partial charge in [-0.3, -0.25) is 0 Å². The Hall–Kier alpha value is -1.26. The molecule has 104 valence electrons. The molecule has 1 N–H and O–H groups in total. The lowest BCUT2D eigenvalue weighted by Gasteiger charge is -2.33. The zero-order valence-electron chi connectivity index (χ0n) is 10.9. The lowest BCUT2D eigenvalue weighted by atomic mass is 9.97. The number of ether oxygens (including phenoxy) is 1. The third kappa shape index (κ3) is 3.39. The first kappa shape index (κ1) is 14.2. The number of hydrogen-bond acceptors (Lipinski definition) is 3. The molecule has 0 saturated carbocycles. The summed E-state index contributed by atoms with van der Waals surface area (Å²) in [5, 5.41) is 9.24. The molecule has 1 aromatic rings. The van der Waals surface area contributed by atoms with E-state index in [-0.39, 0.29) is 5.56 Å². The van der Waals surface area contributed by atoms with E-state index in [0.29, 0.717) is 10.9 Å². The van der Waals surface area contributed by atoms with Crippen LogP contribution in [0.25, 0.3) is 0 Å². The highest BCUT2D eigenvalue weighted by Crippen LogP contribution is 2.27. The maximum atomic E-state index is 10.9. The summed E-state index contributed by atoms with van der Waals surface area (Å²) in [7, 11) is 1.73. The van der Waals surface area contributed by atoms with Crippen LogP contribution in [-0.2, 0) is 4.74 Å². The number of benzene rings is 1. The fraction of sp³-hybridized carbons (Fsp3) is 0.500. The lowest BCUT2D eigenvalue weighted by molar-refractivity contribution is 0.0697. The minimum absolute atomic E-state index is 0.152. The molecule has 2 rings (SSSR count). The Labute approximate surface area is 117 Å². The predicted molar refractivity (Wildman–Crippen MR) is 75.2 cm³/mol. The number of hydrogen-bond donors (Lipinski definition) is 1. The number of carboxylic acid groups (broad SMARTS) is 1. The molecule has 0 spiro atoms. The molecule has 1 aromatic carbocycles. The van der Waals surface area contributed by atoms with Gasteiger partial charge in [0.2, 0.25) is 0 Å². The summed E-state index contributed by atoms with van der Waals surface area (Å²) in [5.74, 6) is -0.370. The molecule has 0 bridgehead atoms. The van der Waals surface area contributed by atoms with E-state index in [1.807, 2.05) is 6.07 Å². The number of carbonyl (C=O) groups is 1. The fourth-order valence-electron chi connectivity index (χ4n) is 2.47. The Kier molecular flexibility index (Phi) is 4.66. The van der Waals surface area contributed by atoms with Crippen LogP contribution in [0.1, 0.15) is 23.2 Å². The van der Waals surface area contributed by atoms with Crippen LogP contribution in [0.15, 0.2) is 18.2 Å². The largest absolute Gasteiger partial charge is 0.478 e. The van der Waals surface area contributed by atoms with Crippen LogP contribution in [-0.4, -0.2) is 37.9 Å². The lowest BCUT2D eigenvalue weighted by Crippen LogP contribution is -2.35. The van der Waals surface area contributed by atoms with Gasteiger partial charge in [-0.2, -0.15) is 0 Å². The summed E-state index contributed by atoms with van der Waals surface area (Å²) in [5.41, 5.74) is 1.14. The van der Waals surface area contributed by atoms with Gasteiger partial charge in [0.05, 0.1) is 10.6 Å². The summed E-state index contributed by atoms with van der Waals surface area (Å²) >= 11 is 5.99. The van der Waals surface area contributed by atoms with Gasteiger partial charge >= 0.3 is 5.97 Å². The monoisotopic (exact) mass is 283 g/mol. The minimum Gasteiger partial charge on any atom is -0.478 e. The smallest absolute Gasteiger partial charge is 0.337 e. The van der Waals surface area contributed by atoms with Crippen molar-refractivity contribution in [3.63, 3.8) is 0 Å². The summed E-state index contributed by atoms with van der Waals surface area (Å²) in [6.45, 7) is 2.72. The van der Waals surface area contributed by atoms with Crippen LogP contribution in [0.2, 0.25) is 5.02 Å². The number of piperidine rings is 1. The molecule has 1 fully saturated rings. The maximum Gasteiger partial charge on any atom is 0.337 e. The first-order chi connectivity index (χ1) is 9.11. The van der Waals surface area contributed by atoms with Crippen LogP contribution in [0.3, 0.4) is 0 Å². The van der Waals surface area contributed by atoms with Gasteiger partial charge in [0.1, 0.15) is 0 Å². The van der Waals surface area contributed by atoms with Gasteiger partial charge in [0, 0.05) is 32.5 Å². The average molecular weight is 284 g/mol. The Morgan fingerprint density at radius 1 is 1.47 bits per heavy atom. The molecule has 0 aliphatic carbocycles. The van der Waals surface area contributed by atoms with Crippen LogP contribution < -0.4 is 4.90 Å². The van der Waals surface area contributed by atoms with Gasteiger partial charge in [0.25, 0.3) is 0 Å². The SMILES string of the molecule is COCC1CCN(c2ccc(C(=O)O)c(Cl)c2)CC1. The van der Waals surface area contributed by atoms with Crippen LogP contribution in [0.5, 0.6) is 0 Å². The normalized spacial score (nSPS) is 16.6. The molecule has 0 aromatic heterocycles. The highest BCUT2D eigenvalue weighted by Gasteiger charge is 2.20. The number of anilines is 1. The second-order valence-electron chi connectivity index (χ2n) is 4.86. The molecule has 19 heavy (non-hydrogen) atoms. The van der Waals surface area contributed by atoms with E-state index < -0.39 is 5.97 Å². The van der Waals surface area contributed by atoms with E-state index in [1.54, 1.807) is 19.2 Å². The third-order valence-corrected chi connectivity index (χ3v) is 3.88. The van der Waals surface area contributed by atoms with Crippen LogP contribution in [0, 0.1) is 5.92 Å². The van der Waals surface area contributed by atoms with Crippen molar-refractivity contribution in [3.05, 3.63) is 28.8 Å². The van der Waals surface area contributed by atoms with E-state index in [4.69, 9.17) is 21.4 Å². The number of aromatic carboxylic acids is 1. The fourth-order valence-corrected chi connectivity index (χ4v) is 2.72. The Bertz CT molecular complexity index is 456. The van der Waals surface area contributed by atoms with E-state index in [2.05, 4.69) is 4.90 Å². The van der Waals surface area contributed by atoms with Gasteiger partial charge in [0.15, 0.2) is 0 Å². The van der Waals surface area contributed by atoms with Crippen molar-refractivity contribution < 1.29 is 14.6 Å². The van der Waals surface area contributed by atoms with Gasteiger partial charge in [-0.1, -0.05) is 11.6 Å². The molecule has 0 atom stereocenters. The Morgan fingerprint density at radius 3 is 2.68 bits per heavy atom. The van der Waals surface area contributed by atoms with Crippen molar-refractivity contribution in [1.82, 2.24) is 0 Å². The number of methoxy groups -OCH3 is 1. The van der Waals surface area contributed by atoms with Crippen LogP contribution >= 0.6 is 11.6 Å². The highest BCUT2D eigenvalue weighted by atomic mass is 35.5. The molecule has 1 heterocycles. The number of nitrogens with zero attached hydrogens (tertiary/aromatic N) is 1. The standard InChI is InChI=1S/C14H18ClNO3/c1-19-9-10-4-6-16(7-5-10)11-2-3-12(14(17)18)13(15)8-11/h2-3,8,10H,4-7,9H2,1H3,(H,17,18). The molecule has 0 unspecified atom stereocenters. The quantitative estimate of drug-likeness (QED) is 0.923. The van der Waals surface area contributed by atoms with Gasteiger partial charge in [-0.15, -0.1) is 0 Å². The van der Waals surface area contributed by atoms with Crippen molar-refractivity contribution in [2.45, 2.75) is 12.8 Å². The molecule has 5 heteroatoms. The van der Waals surface area contributed by atoms with E-state index in [9.17, 15) is 4.79 Å². The van der Waals surface area contributed by atoms with Crippen molar-refractivity contribution in [2.75, 3.05) is 31.7 Å². The minimum atomic E-state index is -0.990. The first-order valence-electron chi connectivity index (χ1n) is 6.38. The van der Waals surface area contributed by atoms with Gasteiger partial charge < -0.3 is 14.7 Å². The number of halogens is 1. The first-order valence-corrected chi connectivity index (χ1v) is 6.76. The Morgan fingerprint density at radius 2 is 2.16 bits per heavy atom. The topological polar surface area (TPSA) is 49.8 Å². The zero-order valence-corrected chi connectivity index (χ0v) is 11.7. The molecule has 0 radical (unpaired) electrons. The van der Waals surface area contributed by atoms with E-state index >= 15 is 0 Å². The summed E-state index contributed by atoms with van der Waals surface area (Å²) in [6.07, 6.45) is 2.18. The molecule has 1 saturated heterocycles. The van der Waals surface area contributed by atoms with E-state index in [0.717, 1.165) is 38.2 Å². The van der Waals surface area contributed by atoms with Crippen molar-refractivity contribution in [3.8, 4) is 0 Å². The van der Waals surface area contributed by atoms with E-state index in [1.165, 1.54) is 0 Å². The average Bonchev–Trinajstić information content (AvgIpc) is 2.39. The molecular formula is C14H18ClNO3. The predicted octanol–water partition coefficient (Wildman–Crippen LogP) is 2.90. The van der Waals surface area contributed by atoms with Gasteiger partial charge in [-0.25, -0.2) is 4.79 Å². The second-order valence-corrected chi connectivity index (χ2v) is 5.26.